The van der Waals surface area contributed by atoms with Crippen LogP contribution < -0.4 is 10.9 Å². The van der Waals surface area contributed by atoms with Crippen molar-refractivity contribution in [2.45, 2.75) is 64.4 Å². The van der Waals surface area contributed by atoms with Crippen molar-refractivity contribution in [3.05, 3.63) is 51.9 Å². The highest BCUT2D eigenvalue weighted by molar-refractivity contribution is 5.81. The third-order valence-corrected chi connectivity index (χ3v) is 6.37. The number of ether oxygens (including phenoxy) is 1. The molecule has 34 heavy (non-hydrogen) atoms. The Kier molecular flexibility index (Phi) is 7.16. The fourth-order valence-electron chi connectivity index (χ4n) is 4.53. The van der Waals surface area contributed by atoms with Crippen LogP contribution in [0.1, 0.15) is 37.3 Å². The summed E-state index contributed by atoms with van der Waals surface area (Å²) in [6.45, 7) is 4.92. The Bertz CT molecular complexity index is 1210. The third-order valence-electron chi connectivity index (χ3n) is 6.37. The van der Waals surface area contributed by atoms with Crippen LogP contribution in [-0.4, -0.2) is 55.2 Å². The molecular formula is C25H32N4O5. The largest absolute Gasteiger partial charge is 0.480 e. The van der Waals surface area contributed by atoms with Gasteiger partial charge in [-0.25, -0.2) is 4.98 Å². The number of rotatable bonds is 8. The molecule has 1 aliphatic rings. The number of aromatic nitrogens is 3. The van der Waals surface area contributed by atoms with E-state index in [4.69, 9.17) is 9.72 Å². The van der Waals surface area contributed by atoms with Gasteiger partial charge in [0.15, 0.2) is 0 Å². The van der Waals surface area contributed by atoms with Gasteiger partial charge in [-0.2, -0.15) is 0 Å². The first-order chi connectivity index (χ1) is 16.2. The lowest BCUT2D eigenvalue weighted by Crippen LogP contribution is -2.44. The molecule has 182 valence electrons. The second-order valence-corrected chi connectivity index (χ2v) is 9.12. The smallest absolute Gasteiger partial charge is 0.323 e. The van der Waals surface area contributed by atoms with Crippen LogP contribution in [0.4, 0.5) is 0 Å². The van der Waals surface area contributed by atoms with Gasteiger partial charge in [0.05, 0.1) is 29.8 Å². The Hall–Kier alpha value is -3.01. The van der Waals surface area contributed by atoms with Gasteiger partial charge in [0, 0.05) is 37.5 Å². The number of carbonyl (C=O) groups is 1. The van der Waals surface area contributed by atoms with Crippen molar-refractivity contribution in [2.75, 3.05) is 6.61 Å². The Morgan fingerprint density at radius 1 is 1.32 bits per heavy atom. The lowest BCUT2D eigenvalue weighted by atomic mass is 10.1. The Balaban J connectivity index is 1.75. The maximum Gasteiger partial charge on any atom is 0.323 e. The maximum atomic E-state index is 12.2. The highest BCUT2D eigenvalue weighted by atomic mass is 16.5. The number of imidazole rings is 1. The molecule has 9 nitrogen and oxygen atoms in total. The summed E-state index contributed by atoms with van der Waals surface area (Å²) in [4.78, 5) is 28.5. The van der Waals surface area contributed by atoms with Crippen LogP contribution in [0.25, 0.3) is 22.4 Å². The Labute approximate surface area is 198 Å². The van der Waals surface area contributed by atoms with E-state index < -0.39 is 18.1 Å². The minimum atomic E-state index is -1.09. The molecule has 4 rings (SSSR count). The van der Waals surface area contributed by atoms with E-state index in [0.717, 1.165) is 53.9 Å². The highest BCUT2D eigenvalue weighted by Crippen LogP contribution is 2.28. The zero-order chi connectivity index (χ0) is 24.4. The van der Waals surface area contributed by atoms with Crippen LogP contribution in [0.15, 0.2) is 35.3 Å². The molecular weight excluding hydrogens is 436 g/mol. The minimum absolute atomic E-state index is 0.0403. The first-order valence-corrected chi connectivity index (χ1v) is 11.7. The van der Waals surface area contributed by atoms with Gasteiger partial charge < -0.3 is 24.1 Å². The predicted octanol–water partition coefficient (Wildman–Crippen LogP) is 2.20. The van der Waals surface area contributed by atoms with E-state index in [1.807, 2.05) is 24.3 Å². The van der Waals surface area contributed by atoms with Crippen LogP contribution in [-0.2, 0) is 29.7 Å². The van der Waals surface area contributed by atoms with Crippen LogP contribution in [0.5, 0.6) is 0 Å². The summed E-state index contributed by atoms with van der Waals surface area (Å²) in [5, 5.41) is 22.0. The van der Waals surface area contributed by atoms with Crippen LogP contribution in [0, 0.1) is 6.92 Å². The van der Waals surface area contributed by atoms with E-state index in [1.165, 1.54) is 6.92 Å². The molecule has 0 unspecified atom stereocenters. The number of benzene rings is 1. The summed E-state index contributed by atoms with van der Waals surface area (Å²) in [5.41, 5.74) is 4.07. The van der Waals surface area contributed by atoms with Gasteiger partial charge in [-0.3, -0.25) is 14.9 Å². The van der Waals surface area contributed by atoms with Gasteiger partial charge in [0.2, 0.25) is 0 Å². The molecule has 0 amide bonds. The number of aliphatic carboxylic acids is 1. The van der Waals surface area contributed by atoms with E-state index in [1.54, 1.807) is 24.7 Å². The number of carboxylic acid groups (broad SMARTS) is 1. The SMILES string of the molecule is Cc1cc(-c2nc3ccc(CN[C@H](C(=O)O)[C@@H](C)O)cc3n2C[C@H]2CCCCO2)cn(C)c1=O. The standard InChI is InChI=1S/C25H32N4O5/c1-15-10-18(13-28(3)24(15)31)23-27-20-8-7-17(12-26-22(16(2)30)25(32)33)11-21(20)29(23)14-19-6-4-5-9-34-19/h7-8,10-11,13,16,19,22,26,30H,4-6,9,12,14H2,1-3H3,(H,32,33)/t16-,19-,22+/m1/s1. The molecule has 0 aliphatic carbocycles. The zero-order valence-corrected chi connectivity index (χ0v) is 19.8. The number of nitrogens with zero attached hydrogens (tertiary/aromatic N) is 3. The molecule has 0 saturated carbocycles. The van der Waals surface area contributed by atoms with Crippen molar-refractivity contribution in [1.82, 2.24) is 19.4 Å². The van der Waals surface area contributed by atoms with E-state index in [-0.39, 0.29) is 18.2 Å². The molecule has 2 aromatic heterocycles. The molecule has 0 spiro atoms. The van der Waals surface area contributed by atoms with Gasteiger partial charge in [0.1, 0.15) is 11.9 Å². The third kappa shape index (κ3) is 5.06. The molecule has 3 aromatic rings. The number of nitrogens with one attached hydrogen (secondary N) is 1. The van der Waals surface area contributed by atoms with Gasteiger partial charge in [-0.15, -0.1) is 0 Å². The lowest BCUT2D eigenvalue weighted by Gasteiger charge is -2.24. The number of carboxylic acids is 1. The number of aliphatic hydroxyl groups is 1. The van der Waals surface area contributed by atoms with Crippen molar-refractivity contribution >= 4 is 17.0 Å². The average Bonchev–Trinajstić information content (AvgIpc) is 3.15. The highest BCUT2D eigenvalue weighted by Gasteiger charge is 2.23. The summed E-state index contributed by atoms with van der Waals surface area (Å²) in [7, 11) is 1.74. The van der Waals surface area contributed by atoms with Gasteiger partial charge in [-0.1, -0.05) is 6.07 Å². The number of hydrogen-bond donors (Lipinski definition) is 3. The van der Waals surface area contributed by atoms with E-state index in [9.17, 15) is 19.8 Å². The van der Waals surface area contributed by atoms with Gasteiger partial charge in [0.25, 0.3) is 5.56 Å². The molecule has 1 saturated heterocycles. The summed E-state index contributed by atoms with van der Waals surface area (Å²) < 4.78 is 9.72. The van der Waals surface area contributed by atoms with Crippen LogP contribution in [0.3, 0.4) is 0 Å². The minimum Gasteiger partial charge on any atom is -0.480 e. The van der Waals surface area contributed by atoms with E-state index in [2.05, 4.69) is 9.88 Å². The zero-order valence-electron chi connectivity index (χ0n) is 19.8. The van der Waals surface area contributed by atoms with Crippen molar-refractivity contribution in [1.29, 1.82) is 0 Å². The second kappa shape index (κ2) is 10.1. The molecule has 0 radical (unpaired) electrons. The second-order valence-electron chi connectivity index (χ2n) is 9.12. The molecule has 0 bridgehead atoms. The number of hydrogen-bond acceptors (Lipinski definition) is 6. The molecule has 9 heteroatoms. The normalized spacial score (nSPS) is 18.2. The molecule has 1 aliphatic heterocycles. The fourth-order valence-corrected chi connectivity index (χ4v) is 4.53. The van der Waals surface area contributed by atoms with E-state index in [0.29, 0.717) is 12.1 Å². The Morgan fingerprint density at radius 2 is 2.12 bits per heavy atom. The molecule has 3 heterocycles. The predicted molar refractivity (Wildman–Crippen MR) is 129 cm³/mol. The van der Waals surface area contributed by atoms with Gasteiger partial charge in [-0.05, 0) is 56.9 Å². The first-order valence-electron chi connectivity index (χ1n) is 11.7. The maximum absolute atomic E-state index is 12.2. The summed E-state index contributed by atoms with van der Waals surface area (Å²) in [5.74, 6) is -0.330. The number of aliphatic hydroxyl groups excluding tert-OH is 1. The van der Waals surface area contributed by atoms with Crippen molar-refractivity contribution in [2.24, 2.45) is 7.05 Å². The monoisotopic (exact) mass is 468 g/mol. The summed E-state index contributed by atoms with van der Waals surface area (Å²) >= 11 is 0. The molecule has 3 atom stereocenters. The quantitative estimate of drug-likeness (QED) is 0.464. The molecule has 3 N–H and O–H groups in total. The number of pyridine rings is 1. The molecule has 1 aromatic carbocycles. The average molecular weight is 469 g/mol. The van der Waals surface area contributed by atoms with Gasteiger partial charge >= 0.3 is 5.97 Å². The van der Waals surface area contributed by atoms with Crippen LogP contribution in [0.2, 0.25) is 0 Å². The Morgan fingerprint density at radius 3 is 2.76 bits per heavy atom. The van der Waals surface area contributed by atoms with Crippen LogP contribution >= 0.6 is 0 Å². The van der Waals surface area contributed by atoms with Crippen molar-refractivity contribution in [3.8, 4) is 11.4 Å². The number of fused-ring (bicyclic) bond motifs is 1. The number of aryl methyl sites for hydroxylation is 2. The van der Waals surface area contributed by atoms with Crippen molar-refractivity contribution in [3.63, 3.8) is 0 Å². The van der Waals surface area contributed by atoms with Crippen molar-refractivity contribution < 1.29 is 19.7 Å². The fraction of sp³-hybridized carbons (Fsp3) is 0.480. The lowest BCUT2D eigenvalue weighted by molar-refractivity contribution is -0.142. The van der Waals surface area contributed by atoms with E-state index >= 15 is 0 Å². The summed E-state index contributed by atoms with van der Waals surface area (Å²) in [6, 6.07) is 6.63. The molecule has 1 fully saturated rings. The summed E-state index contributed by atoms with van der Waals surface area (Å²) in [6.07, 6.45) is 4.02. The topological polar surface area (TPSA) is 119 Å². The first kappa shape index (κ1) is 24.1.